The van der Waals surface area contributed by atoms with Crippen molar-refractivity contribution in [2.24, 2.45) is 14.1 Å². The summed E-state index contributed by atoms with van der Waals surface area (Å²) in [5.74, 6) is -0.541. The van der Waals surface area contributed by atoms with Crippen molar-refractivity contribution in [1.29, 1.82) is 0 Å². The van der Waals surface area contributed by atoms with Crippen LogP contribution in [0.2, 0.25) is 0 Å². The van der Waals surface area contributed by atoms with Crippen LogP contribution in [-0.2, 0) is 20.6 Å². The van der Waals surface area contributed by atoms with Gasteiger partial charge in [0.25, 0.3) is 5.91 Å². The number of carbonyl (C=O) groups is 1. The number of nitro groups is 1. The first-order valence-electron chi connectivity index (χ1n) is 5.85. The van der Waals surface area contributed by atoms with Crippen LogP contribution in [0.15, 0.2) is 12.3 Å². The molecule has 0 saturated carbocycles. The van der Waals surface area contributed by atoms with Crippen LogP contribution in [0.4, 0.5) is 5.69 Å². The number of nitrogens with one attached hydrogen (secondary N) is 1. The first-order valence-corrected chi connectivity index (χ1v) is 5.85. The van der Waals surface area contributed by atoms with Gasteiger partial charge in [0.1, 0.15) is 5.69 Å². The molecule has 9 nitrogen and oxygen atoms in total. The minimum absolute atomic E-state index is 0.0605. The Morgan fingerprint density at radius 2 is 2.15 bits per heavy atom. The summed E-state index contributed by atoms with van der Waals surface area (Å²) in [6.45, 7) is 1.73. The number of rotatable bonds is 4. The predicted octanol–water partition coefficient (Wildman–Crippen LogP) is 0.300. The molecular weight excluding hydrogens is 264 g/mol. The Bertz CT molecular complexity index is 672. The Morgan fingerprint density at radius 3 is 2.70 bits per heavy atom. The lowest BCUT2D eigenvalue weighted by Crippen LogP contribution is -2.26. The quantitative estimate of drug-likeness (QED) is 0.639. The molecule has 0 unspecified atom stereocenters. The Morgan fingerprint density at radius 1 is 1.45 bits per heavy atom. The van der Waals surface area contributed by atoms with Crippen LogP contribution in [0.1, 0.15) is 21.9 Å². The van der Waals surface area contributed by atoms with E-state index in [-0.39, 0.29) is 23.6 Å². The van der Waals surface area contributed by atoms with Crippen molar-refractivity contribution in [2.45, 2.75) is 13.5 Å². The summed E-state index contributed by atoms with van der Waals surface area (Å²) in [5, 5.41) is 21.5. The molecule has 0 saturated heterocycles. The highest BCUT2D eigenvalue weighted by molar-refractivity contribution is 5.96. The Kier molecular flexibility index (Phi) is 3.51. The number of hydrogen-bond donors (Lipinski definition) is 1. The summed E-state index contributed by atoms with van der Waals surface area (Å²) < 4.78 is 2.83. The summed E-state index contributed by atoms with van der Waals surface area (Å²) in [7, 11) is 3.25. The molecule has 20 heavy (non-hydrogen) atoms. The van der Waals surface area contributed by atoms with Crippen molar-refractivity contribution in [1.82, 2.24) is 24.9 Å². The molecule has 2 aromatic rings. The fourth-order valence-corrected chi connectivity index (χ4v) is 1.95. The van der Waals surface area contributed by atoms with Gasteiger partial charge in [0, 0.05) is 20.3 Å². The van der Waals surface area contributed by atoms with E-state index >= 15 is 0 Å². The highest BCUT2D eigenvalue weighted by Gasteiger charge is 2.29. The van der Waals surface area contributed by atoms with Crippen LogP contribution >= 0.6 is 0 Å². The van der Waals surface area contributed by atoms with E-state index in [1.807, 2.05) is 0 Å². The molecule has 0 fully saturated rings. The molecule has 0 aliphatic rings. The van der Waals surface area contributed by atoms with Gasteiger partial charge in [-0.25, -0.2) is 0 Å². The molecule has 1 amide bonds. The predicted molar refractivity (Wildman–Crippen MR) is 69.0 cm³/mol. The van der Waals surface area contributed by atoms with Crippen LogP contribution in [0, 0.1) is 17.0 Å². The molecular formula is C11H14N6O3. The van der Waals surface area contributed by atoms with E-state index in [4.69, 9.17) is 0 Å². The summed E-state index contributed by atoms with van der Waals surface area (Å²) >= 11 is 0. The van der Waals surface area contributed by atoms with Gasteiger partial charge in [-0.05, 0) is 13.0 Å². The average Bonchev–Trinajstić information content (AvgIpc) is 2.89. The molecule has 106 valence electrons. The minimum Gasteiger partial charge on any atom is -0.345 e. The molecule has 2 heterocycles. The normalized spacial score (nSPS) is 10.6. The maximum atomic E-state index is 12.1. The topological polar surface area (TPSA) is 108 Å². The van der Waals surface area contributed by atoms with Gasteiger partial charge in [0.2, 0.25) is 5.69 Å². The van der Waals surface area contributed by atoms with E-state index in [0.29, 0.717) is 0 Å². The molecule has 0 radical (unpaired) electrons. The van der Waals surface area contributed by atoms with Gasteiger partial charge in [-0.1, -0.05) is 0 Å². The van der Waals surface area contributed by atoms with Crippen molar-refractivity contribution in [3.63, 3.8) is 0 Å². The fraction of sp³-hybridized carbons (Fsp3) is 0.364. The second-order valence-electron chi connectivity index (χ2n) is 4.29. The highest BCUT2D eigenvalue weighted by Crippen LogP contribution is 2.21. The Labute approximate surface area is 114 Å². The summed E-state index contributed by atoms with van der Waals surface area (Å²) in [4.78, 5) is 22.5. The highest BCUT2D eigenvalue weighted by atomic mass is 16.6. The van der Waals surface area contributed by atoms with E-state index in [1.54, 1.807) is 24.0 Å². The number of amides is 1. The summed E-state index contributed by atoms with van der Waals surface area (Å²) in [6, 6.07) is 1.75. The summed E-state index contributed by atoms with van der Waals surface area (Å²) in [6.07, 6.45) is 1.61. The Hall–Kier alpha value is -2.71. The first kappa shape index (κ1) is 13.7. The third kappa shape index (κ3) is 2.37. The van der Waals surface area contributed by atoms with Crippen LogP contribution in [0.3, 0.4) is 0 Å². The first-order chi connectivity index (χ1) is 9.41. The molecule has 2 aromatic heterocycles. The van der Waals surface area contributed by atoms with E-state index in [0.717, 1.165) is 5.69 Å². The molecule has 0 aliphatic heterocycles. The average molecular weight is 278 g/mol. The zero-order chi connectivity index (χ0) is 14.9. The lowest BCUT2D eigenvalue weighted by Gasteiger charge is -2.05. The van der Waals surface area contributed by atoms with E-state index in [9.17, 15) is 14.9 Å². The van der Waals surface area contributed by atoms with Gasteiger partial charge in [0.15, 0.2) is 0 Å². The van der Waals surface area contributed by atoms with Crippen molar-refractivity contribution in [3.8, 4) is 0 Å². The van der Waals surface area contributed by atoms with Crippen molar-refractivity contribution in [2.75, 3.05) is 0 Å². The maximum absolute atomic E-state index is 12.1. The van der Waals surface area contributed by atoms with Gasteiger partial charge < -0.3 is 5.32 Å². The second kappa shape index (κ2) is 5.11. The summed E-state index contributed by atoms with van der Waals surface area (Å²) in [5.41, 5.74) is 0.674. The van der Waals surface area contributed by atoms with Crippen LogP contribution in [0.25, 0.3) is 0 Å². The smallest absolute Gasteiger partial charge is 0.322 e. The molecule has 0 bridgehead atoms. The monoisotopic (exact) mass is 278 g/mol. The van der Waals surface area contributed by atoms with E-state index < -0.39 is 10.8 Å². The Balaban J connectivity index is 2.22. The van der Waals surface area contributed by atoms with E-state index in [1.165, 1.54) is 18.7 Å². The van der Waals surface area contributed by atoms with Crippen molar-refractivity contribution in [3.05, 3.63) is 39.5 Å². The maximum Gasteiger partial charge on any atom is 0.322 e. The van der Waals surface area contributed by atoms with Gasteiger partial charge >= 0.3 is 5.69 Å². The molecule has 0 aliphatic carbocycles. The number of aryl methyl sites for hydroxylation is 3. The third-order valence-electron chi connectivity index (χ3n) is 2.94. The lowest BCUT2D eigenvalue weighted by molar-refractivity contribution is -0.385. The zero-order valence-corrected chi connectivity index (χ0v) is 11.3. The van der Waals surface area contributed by atoms with Gasteiger partial charge in [-0.15, -0.1) is 0 Å². The molecule has 9 heteroatoms. The van der Waals surface area contributed by atoms with Crippen molar-refractivity contribution >= 4 is 11.6 Å². The van der Waals surface area contributed by atoms with E-state index in [2.05, 4.69) is 15.5 Å². The molecule has 0 aromatic carbocycles. The van der Waals surface area contributed by atoms with Gasteiger partial charge in [-0.3, -0.25) is 24.3 Å². The van der Waals surface area contributed by atoms with Crippen LogP contribution in [0.5, 0.6) is 0 Å². The van der Waals surface area contributed by atoms with Gasteiger partial charge in [-0.2, -0.15) is 10.2 Å². The number of hydrogen-bond acceptors (Lipinski definition) is 5. The molecule has 2 rings (SSSR count). The number of aromatic nitrogens is 4. The van der Waals surface area contributed by atoms with Crippen LogP contribution < -0.4 is 5.32 Å². The van der Waals surface area contributed by atoms with Gasteiger partial charge in [0.05, 0.1) is 17.2 Å². The largest absolute Gasteiger partial charge is 0.345 e. The SMILES string of the molecule is Cc1nn(C)c(C(=O)NCc2ccnn2C)c1[N+](=O)[O-]. The minimum atomic E-state index is -0.596. The zero-order valence-electron chi connectivity index (χ0n) is 11.3. The number of nitrogens with zero attached hydrogens (tertiary/aromatic N) is 5. The number of carbonyl (C=O) groups excluding carboxylic acids is 1. The molecule has 1 N–H and O–H groups in total. The molecule has 0 spiro atoms. The standard InChI is InChI=1S/C11H14N6O3/c1-7-9(17(19)20)10(16(3)14-7)11(18)12-6-8-4-5-13-15(8)2/h4-5H,6H2,1-3H3,(H,12,18). The van der Waals surface area contributed by atoms with Crippen molar-refractivity contribution < 1.29 is 9.72 Å². The fourth-order valence-electron chi connectivity index (χ4n) is 1.95. The lowest BCUT2D eigenvalue weighted by atomic mass is 10.3. The third-order valence-corrected chi connectivity index (χ3v) is 2.94. The van der Waals surface area contributed by atoms with Crippen LogP contribution in [-0.4, -0.2) is 30.4 Å². The second-order valence-corrected chi connectivity index (χ2v) is 4.29. The molecule has 0 atom stereocenters.